The Balaban J connectivity index is 1.16. The molecule has 0 aliphatic carbocycles. The molecule has 1 aliphatic heterocycles. The van der Waals surface area contributed by atoms with Gasteiger partial charge in [-0.25, -0.2) is 24.7 Å². The van der Waals surface area contributed by atoms with Crippen LogP contribution in [-0.2, 0) is 11.8 Å². The van der Waals surface area contributed by atoms with E-state index < -0.39 is 5.60 Å². The third-order valence-corrected chi connectivity index (χ3v) is 7.13. The van der Waals surface area contributed by atoms with Gasteiger partial charge in [0.15, 0.2) is 0 Å². The molecular formula is C31H34N8O3. The molecule has 0 bridgehead atoms. The van der Waals surface area contributed by atoms with E-state index in [0.29, 0.717) is 32.0 Å². The van der Waals surface area contributed by atoms with Crippen LogP contribution >= 0.6 is 0 Å². The topological polar surface area (TPSA) is 111 Å². The van der Waals surface area contributed by atoms with E-state index in [1.165, 1.54) is 6.33 Å². The van der Waals surface area contributed by atoms with Gasteiger partial charge in [-0.2, -0.15) is 0 Å². The number of nitrogens with zero attached hydrogens (tertiary/aromatic N) is 7. The Hall–Kier alpha value is -4.93. The van der Waals surface area contributed by atoms with Crippen molar-refractivity contribution in [3.63, 3.8) is 0 Å². The predicted octanol–water partition coefficient (Wildman–Crippen LogP) is 5.81. The second-order valence-electron chi connectivity index (χ2n) is 11.4. The number of ether oxygens (including phenoxy) is 2. The first-order chi connectivity index (χ1) is 20.1. The average Bonchev–Trinajstić information content (AvgIpc) is 3.33. The van der Waals surface area contributed by atoms with E-state index in [9.17, 15) is 4.79 Å². The standard InChI is InChI=1S/C31H34N8O3/c1-20-14-21(6-9-27(20)41-22-7-8-26-24(15-22)35-19-37(26)5)36-29-23-16-28(32-17-25(23)33-18-34-29)38-10-12-39(13-11-38)30(40)42-31(2,3)4/h6-9,14-19H,10-13H2,1-5H3,(H,33,34,36). The highest BCUT2D eigenvalue weighted by atomic mass is 16.6. The van der Waals surface area contributed by atoms with Crippen molar-refractivity contribution in [1.82, 2.24) is 29.4 Å². The summed E-state index contributed by atoms with van der Waals surface area (Å²) in [4.78, 5) is 34.4. The molecule has 1 aliphatic rings. The fourth-order valence-electron chi connectivity index (χ4n) is 4.95. The summed E-state index contributed by atoms with van der Waals surface area (Å²) in [5.41, 5.74) is 4.02. The molecule has 1 N–H and O–H groups in total. The second-order valence-corrected chi connectivity index (χ2v) is 11.4. The van der Waals surface area contributed by atoms with Crippen LogP contribution in [0.25, 0.3) is 21.9 Å². The predicted molar refractivity (Wildman–Crippen MR) is 163 cm³/mol. The zero-order valence-electron chi connectivity index (χ0n) is 24.5. The van der Waals surface area contributed by atoms with E-state index in [2.05, 4.69) is 30.2 Å². The summed E-state index contributed by atoms with van der Waals surface area (Å²) < 4.78 is 13.7. The number of hydrogen-bond acceptors (Lipinski definition) is 9. The number of piperazine rings is 1. The SMILES string of the molecule is Cc1cc(Nc2ncnc3cnc(N4CCN(C(=O)OC(C)(C)C)CC4)cc23)ccc1Oc1ccc2c(c1)ncn2C. The molecule has 0 unspecified atom stereocenters. The number of amides is 1. The number of carbonyl (C=O) groups excluding carboxylic acids is 1. The van der Waals surface area contributed by atoms with Crippen molar-refractivity contribution in [2.45, 2.75) is 33.3 Å². The molecule has 0 spiro atoms. The number of imidazole rings is 1. The number of aryl methyl sites for hydroxylation is 2. The van der Waals surface area contributed by atoms with Crippen molar-refractivity contribution in [3.05, 3.63) is 66.9 Å². The molecule has 1 saturated heterocycles. The van der Waals surface area contributed by atoms with Crippen molar-refractivity contribution in [3.8, 4) is 11.5 Å². The average molecular weight is 567 g/mol. The van der Waals surface area contributed by atoms with Crippen molar-refractivity contribution in [2.75, 3.05) is 36.4 Å². The fourth-order valence-corrected chi connectivity index (χ4v) is 4.95. The highest BCUT2D eigenvalue weighted by Gasteiger charge is 2.26. The van der Waals surface area contributed by atoms with E-state index in [-0.39, 0.29) is 6.09 Å². The van der Waals surface area contributed by atoms with Crippen molar-refractivity contribution in [1.29, 1.82) is 0 Å². The lowest BCUT2D eigenvalue weighted by Crippen LogP contribution is -2.50. The number of anilines is 3. The van der Waals surface area contributed by atoms with E-state index in [0.717, 1.165) is 50.5 Å². The van der Waals surface area contributed by atoms with Gasteiger partial charge < -0.3 is 29.2 Å². The number of pyridine rings is 1. The molecule has 6 rings (SSSR count). The van der Waals surface area contributed by atoms with Crippen LogP contribution in [0, 0.1) is 6.92 Å². The molecule has 11 heteroatoms. The Labute approximate surface area is 244 Å². The van der Waals surface area contributed by atoms with Crippen LogP contribution < -0.4 is 15.0 Å². The van der Waals surface area contributed by atoms with E-state index >= 15 is 0 Å². The van der Waals surface area contributed by atoms with Crippen LogP contribution in [0.3, 0.4) is 0 Å². The van der Waals surface area contributed by atoms with E-state index in [1.54, 1.807) is 17.4 Å². The van der Waals surface area contributed by atoms with Gasteiger partial charge in [-0.3, -0.25) is 0 Å². The Morgan fingerprint density at radius 3 is 2.50 bits per heavy atom. The number of nitrogens with one attached hydrogen (secondary N) is 1. The summed E-state index contributed by atoms with van der Waals surface area (Å²) in [6, 6.07) is 13.8. The lowest BCUT2D eigenvalue weighted by atomic mass is 10.2. The summed E-state index contributed by atoms with van der Waals surface area (Å²) in [5, 5.41) is 4.30. The monoisotopic (exact) mass is 566 g/mol. The Bertz CT molecular complexity index is 1770. The van der Waals surface area contributed by atoms with Crippen LogP contribution in [0.5, 0.6) is 11.5 Å². The molecule has 2 aromatic carbocycles. The van der Waals surface area contributed by atoms with E-state index in [4.69, 9.17) is 9.47 Å². The van der Waals surface area contributed by atoms with Crippen molar-refractivity contribution >= 4 is 45.4 Å². The molecule has 3 aromatic heterocycles. The van der Waals surface area contributed by atoms with Gasteiger partial charge in [-0.1, -0.05) is 0 Å². The zero-order chi connectivity index (χ0) is 29.4. The number of rotatable bonds is 5. The van der Waals surface area contributed by atoms with Gasteiger partial charge >= 0.3 is 6.09 Å². The lowest BCUT2D eigenvalue weighted by molar-refractivity contribution is 0.0240. The summed E-state index contributed by atoms with van der Waals surface area (Å²) in [5.74, 6) is 3.00. The van der Waals surface area contributed by atoms with Crippen molar-refractivity contribution in [2.24, 2.45) is 7.05 Å². The zero-order valence-corrected chi connectivity index (χ0v) is 24.5. The minimum Gasteiger partial charge on any atom is -0.457 e. The summed E-state index contributed by atoms with van der Waals surface area (Å²) in [6.45, 7) is 10.1. The Morgan fingerprint density at radius 2 is 1.74 bits per heavy atom. The van der Waals surface area contributed by atoms with Crippen LogP contribution in [0.1, 0.15) is 26.3 Å². The molecule has 0 radical (unpaired) electrons. The largest absolute Gasteiger partial charge is 0.457 e. The third-order valence-electron chi connectivity index (χ3n) is 7.13. The van der Waals surface area contributed by atoms with Gasteiger partial charge in [0.2, 0.25) is 0 Å². The van der Waals surface area contributed by atoms with Gasteiger partial charge in [-0.05, 0) is 69.7 Å². The molecule has 5 aromatic rings. The normalized spacial score (nSPS) is 13.9. The molecular weight excluding hydrogens is 532 g/mol. The Kier molecular flexibility index (Phi) is 7.01. The maximum atomic E-state index is 12.5. The Morgan fingerprint density at radius 1 is 0.929 bits per heavy atom. The summed E-state index contributed by atoms with van der Waals surface area (Å²) in [6.07, 6.45) is 4.81. The molecule has 0 atom stereocenters. The quantitative estimate of drug-likeness (QED) is 0.282. The minimum absolute atomic E-state index is 0.283. The number of carbonyl (C=O) groups is 1. The molecule has 0 saturated carbocycles. The molecule has 216 valence electrons. The van der Waals surface area contributed by atoms with Crippen LogP contribution in [0.15, 0.2) is 61.3 Å². The van der Waals surface area contributed by atoms with E-state index in [1.807, 2.05) is 81.8 Å². The van der Waals surface area contributed by atoms with Crippen LogP contribution in [0.2, 0.25) is 0 Å². The summed E-state index contributed by atoms with van der Waals surface area (Å²) in [7, 11) is 1.97. The van der Waals surface area contributed by atoms with Gasteiger partial charge in [0.25, 0.3) is 0 Å². The van der Waals surface area contributed by atoms with Crippen molar-refractivity contribution < 1.29 is 14.3 Å². The fraction of sp³-hybridized carbons (Fsp3) is 0.323. The first-order valence-corrected chi connectivity index (χ1v) is 13.9. The van der Waals surface area contributed by atoms with Crippen LogP contribution in [-0.4, -0.2) is 67.3 Å². The molecule has 4 heterocycles. The number of aromatic nitrogens is 5. The first kappa shape index (κ1) is 27.3. The maximum absolute atomic E-state index is 12.5. The third kappa shape index (κ3) is 5.76. The highest BCUT2D eigenvalue weighted by molar-refractivity contribution is 5.92. The maximum Gasteiger partial charge on any atom is 0.410 e. The lowest BCUT2D eigenvalue weighted by Gasteiger charge is -2.36. The van der Waals surface area contributed by atoms with Gasteiger partial charge in [0.1, 0.15) is 35.1 Å². The number of benzene rings is 2. The van der Waals surface area contributed by atoms with Crippen LogP contribution in [0.4, 0.5) is 22.1 Å². The van der Waals surface area contributed by atoms with Gasteiger partial charge in [0, 0.05) is 50.4 Å². The van der Waals surface area contributed by atoms with Gasteiger partial charge in [0.05, 0.1) is 29.1 Å². The molecule has 1 amide bonds. The number of hydrogen-bond donors (Lipinski definition) is 1. The smallest absolute Gasteiger partial charge is 0.410 e. The highest BCUT2D eigenvalue weighted by Crippen LogP contribution is 2.31. The first-order valence-electron chi connectivity index (χ1n) is 13.9. The molecule has 42 heavy (non-hydrogen) atoms. The minimum atomic E-state index is -0.516. The van der Waals surface area contributed by atoms with Gasteiger partial charge in [-0.15, -0.1) is 0 Å². The molecule has 1 fully saturated rings. The summed E-state index contributed by atoms with van der Waals surface area (Å²) >= 11 is 0. The number of fused-ring (bicyclic) bond motifs is 2. The second kappa shape index (κ2) is 10.8. The molecule has 11 nitrogen and oxygen atoms in total.